The van der Waals surface area contributed by atoms with Crippen molar-refractivity contribution in [1.82, 2.24) is 5.32 Å². The molecule has 1 saturated heterocycles. The average molecular weight is 157 g/mol. The highest BCUT2D eigenvalue weighted by Crippen LogP contribution is 1.96. The second kappa shape index (κ2) is 9.96. The molecule has 0 bridgehead atoms. The number of rotatable bonds is 2. The molecule has 1 N–H and O–H groups in total. The molecule has 0 aromatic carbocycles. The largest absolute Gasteiger partial charge is 0.317 e. The number of piperidine rings is 1. The third-order valence-electron chi connectivity index (χ3n) is 1.91. The maximum atomic E-state index is 3.28. The molecule has 1 aliphatic heterocycles. The van der Waals surface area contributed by atoms with Gasteiger partial charge in [0.05, 0.1) is 0 Å². The molecule has 1 rings (SSSR count). The predicted molar refractivity (Wildman–Crippen MR) is 51.9 cm³/mol. The molecule has 1 nitrogen and oxygen atoms in total. The van der Waals surface area contributed by atoms with E-state index >= 15 is 0 Å². The molecular formula is C10H23N. The molecule has 0 aromatic rings. The standard InChI is InChI=1S/C5H11N.C5H12/c1-2-4-6-5-3-1;1-3-5-4-2/h6H,1-5H2;3-5H2,1-2H3. The van der Waals surface area contributed by atoms with E-state index in [1.807, 2.05) is 0 Å². The lowest BCUT2D eigenvalue weighted by atomic mass is 10.2. The first-order valence-corrected chi connectivity index (χ1v) is 5.12. The molecule has 0 unspecified atom stereocenters. The van der Waals surface area contributed by atoms with Gasteiger partial charge in [-0.3, -0.25) is 0 Å². The maximum absolute atomic E-state index is 3.28. The first kappa shape index (κ1) is 11.0. The zero-order valence-corrected chi connectivity index (χ0v) is 8.16. The van der Waals surface area contributed by atoms with E-state index in [1.54, 1.807) is 0 Å². The summed E-state index contributed by atoms with van der Waals surface area (Å²) in [5, 5.41) is 3.28. The summed E-state index contributed by atoms with van der Waals surface area (Å²) >= 11 is 0. The number of unbranched alkanes of at least 4 members (excludes halogenated alkanes) is 2. The van der Waals surface area contributed by atoms with Crippen LogP contribution < -0.4 is 5.32 Å². The van der Waals surface area contributed by atoms with Crippen molar-refractivity contribution >= 4 is 0 Å². The Labute approximate surface area is 71.6 Å². The fourth-order valence-electron chi connectivity index (χ4n) is 1.16. The number of nitrogens with one attached hydrogen (secondary N) is 1. The molecular weight excluding hydrogens is 134 g/mol. The Morgan fingerprint density at radius 1 is 0.909 bits per heavy atom. The fourth-order valence-corrected chi connectivity index (χ4v) is 1.16. The van der Waals surface area contributed by atoms with Gasteiger partial charge in [0.15, 0.2) is 0 Å². The zero-order valence-electron chi connectivity index (χ0n) is 8.16. The van der Waals surface area contributed by atoms with Crippen LogP contribution in [-0.4, -0.2) is 13.1 Å². The van der Waals surface area contributed by atoms with Gasteiger partial charge >= 0.3 is 0 Å². The van der Waals surface area contributed by atoms with Gasteiger partial charge in [-0.15, -0.1) is 0 Å². The van der Waals surface area contributed by atoms with E-state index < -0.39 is 0 Å². The van der Waals surface area contributed by atoms with Gasteiger partial charge in [-0.2, -0.15) is 0 Å². The van der Waals surface area contributed by atoms with Crippen molar-refractivity contribution in [2.75, 3.05) is 13.1 Å². The second-order valence-electron chi connectivity index (χ2n) is 3.16. The molecule has 0 amide bonds. The van der Waals surface area contributed by atoms with Gasteiger partial charge in [-0.05, 0) is 25.9 Å². The summed E-state index contributed by atoms with van der Waals surface area (Å²) in [6, 6.07) is 0. The van der Waals surface area contributed by atoms with Crippen LogP contribution in [0.4, 0.5) is 0 Å². The van der Waals surface area contributed by atoms with Crippen LogP contribution in [0.1, 0.15) is 52.4 Å². The number of hydrogen-bond acceptors (Lipinski definition) is 1. The molecule has 0 aliphatic carbocycles. The Bertz CT molecular complexity index is 44.4. The normalized spacial score (nSPS) is 16.9. The van der Waals surface area contributed by atoms with Crippen LogP contribution in [0.5, 0.6) is 0 Å². The van der Waals surface area contributed by atoms with E-state index in [1.165, 1.54) is 51.6 Å². The summed E-state index contributed by atoms with van der Waals surface area (Å²) in [7, 11) is 0. The molecule has 1 fully saturated rings. The van der Waals surface area contributed by atoms with E-state index in [4.69, 9.17) is 0 Å². The van der Waals surface area contributed by atoms with Crippen LogP contribution >= 0.6 is 0 Å². The summed E-state index contributed by atoms with van der Waals surface area (Å²) in [5.41, 5.74) is 0. The Morgan fingerprint density at radius 3 is 1.55 bits per heavy atom. The minimum atomic E-state index is 1.25. The van der Waals surface area contributed by atoms with Crippen molar-refractivity contribution in [3.05, 3.63) is 0 Å². The molecule has 1 aliphatic rings. The molecule has 0 saturated carbocycles. The molecule has 11 heavy (non-hydrogen) atoms. The molecule has 1 heterocycles. The van der Waals surface area contributed by atoms with E-state index in [2.05, 4.69) is 19.2 Å². The lowest BCUT2D eigenvalue weighted by molar-refractivity contribution is 0.520. The van der Waals surface area contributed by atoms with Gasteiger partial charge in [-0.1, -0.05) is 39.5 Å². The summed E-state index contributed by atoms with van der Waals surface area (Å²) in [4.78, 5) is 0. The van der Waals surface area contributed by atoms with Gasteiger partial charge in [0.2, 0.25) is 0 Å². The molecule has 1 heteroatoms. The van der Waals surface area contributed by atoms with E-state index in [0.717, 1.165) is 0 Å². The molecule has 0 radical (unpaired) electrons. The topological polar surface area (TPSA) is 12.0 Å². The van der Waals surface area contributed by atoms with Crippen molar-refractivity contribution in [2.45, 2.75) is 52.4 Å². The smallest absolute Gasteiger partial charge is 0.00489 e. The van der Waals surface area contributed by atoms with Crippen LogP contribution in [-0.2, 0) is 0 Å². The third-order valence-corrected chi connectivity index (χ3v) is 1.91. The third kappa shape index (κ3) is 9.96. The van der Waals surface area contributed by atoms with Gasteiger partial charge < -0.3 is 5.32 Å². The maximum Gasteiger partial charge on any atom is -0.00489 e. The Morgan fingerprint density at radius 2 is 1.45 bits per heavy atom. The summed E-state index contributed by atoms with van der Waals surface area (Å²) in [6.45, 7) is 6.92. The average Bonchev–Trinajstić information content (AvgIpc) is 2.10. The van der Waals surface area contributed by atoms with E-state index in [-0.39, 0.29) is 0 Å². The lowest BCUT2D eigenvalue weighted by Gasteiger charge is -2.08. The minimum absolute atomic E-state index is 1.25. The predicted octanol–water partition coefficient (Wildman–Crippen LogP) is 2.96. The van der Waals surface area contributed by atoms with Crippen LogP contribution in [0.25, 0.3) is 0 Å². The van der Waals surface area contributed by atoms with Crippen molar-refractivity contribution < 1.29 is 0 Å². The highest BCUT2D eigenvalue weighted by molar-refractivity contribution is 4.55. The summed E-state index contributed by atoms with van der Waals surface area (Å²) in [5.74, 6) is 0. The van der Waals surface area contributed by atoms with Gasteiger partial charge in [0, 0.05) is 0 Å². The molecule has 0 atom stereocenters. The van der Waals surface area contributed by atoms with Crippen molar-refractivity contribution in [3.63, 3.8) is 0 Å². The van der Waals surface area contributed by atoms with E-state index in [9.17, 15) is 0 Å². The van der Waals surface area contributed by atoms with E-state index in [0.29, 0.717) is 0 Å². The summed E-state index contributed by atoms with van der Waals surface area (Å²) in [6.07, 6.45) is 8.29. The Hall–Kier alpha value is -0.0400. The van der Waals surface area contributed by atoms with Crippen molar-refractivity contribution in [2.24, 2.45) is 0 Å². The van der Waals surface area contributed by atoms with Crippen LogP contribution in [0.2, 0.25) is 0 Å². The SMILES string of the molecule is C1CCNCC1.CCCCC. The second-order valence-corrected chi connectivity index (χ2v) is 3.16. The monoisotopic (exact) mass is 157 g/mol. The van der Waals surface area contributed by atoms with Gasteiger partial charge in [-0.25, -0.2) is 0 Å². The molecule has 0 aromatic heterocycles. The zero-order chi connectivity index (χ0) is 8.36. The Kier molecular flexibility index (Phi) is 9.92. The fraction of sp³-hybridized carbons (Fsp3) is 1.00. The van der Waals surface area contributed by atoms with Crippen molar-refractivity contribution in [3.8, 4) is 0 Å². The van der Waals surface area contributed by atoms with Crippen LogP contribution in [0.3, 0.4) is 0 Å². The lowest BCUT2D eigenvalue weighted by Crippen LogP contribution is -2.21. The highest BCUT2D eigenvalue weighted by Gasteiger charge is 1.93. The van der Waals surface area contributed by atoms with Gasteiger partial charge in [0.25, 0.3) is 0 Å². The minimum Gasteiger partial charge on any atom is -0.317 e. The van der Waals surface area contributed by atoms with Gasteiger partial charge in [0.1, 0.15) is 0 Å². The molecule has 0 spiro atoms. The van der Waals surface area contributed by atoms with Crippen LogP contribution in [0, 0.1) is 0 Å². The quantitative estimate of drug-likeness (QED) is 0.650. The molecule has 68 valence electrons. The van der Waals surface area contributed by atoms with Crippen molar-refractivity contribution in [1.29, 1.82) is 0 Å². The summed E-state index contributed by atoms with van der Waals surface area (Å²) < 4.78 is 0. The first-order valence-electron chi connectivity index (χ1n) is 5.12. The Balaban J connectivity index is 0.000000187. The first-order chi connectivity index (χ1) is 5.41. The highest BCUT2D eigenvalue weighted by atomic mass is 14.9. The van der Waals surface area contributed by atoms with Crippen LogP contribution in [0.15, 0.2) is 0 Å². The number of hydrogen-bond donors (Lipinski definition) is 1.